The molecule has 0 radical (unpaired) electrons. The van der Waals surface area contributed by atoms with Crippen LogP contribution in [-0.2, 0) is 0 Å². The van der Waals surface area contributed by atoms with Crippen LogP contribution in [0.25, 0.3) is 0 Å². The lowest BCUT2D eigenvalue weighted by Crippen LogP contribution is -2.47. The van der Waals surface area contributed by atoms with Crippen LogP contribution in [0, 0.1) is 11.3 Å². The predicted octanol–water partition coefficient (Wildman–Crippen LogP) is 3.69. The Bertz CT molecular complexity index is 809. The second kappa shape index (κ2) is 5.89. The first kappa shape index (κ1) is 15.9. The van der Waals surface area contributed by atoms with E-state index in [-0.39, 0.29) is 5.56 Å². The van der Waals surface area contributed by atoms with Gasteiger partial charge in [-0.1, -0.05) is 24.3 Å². The highest BCUT2D eigenvalue weighted by Crippen LogP contribution is 2.35. The summed E-state index contributed by atoms with van der Waals surface area (Å²) >= 11 is 0. The quantitative estimate of drug-likeness (QED) is 0.913. The van der Waals surface area contributed by atoms with E-state index < -0.39 is 24.8 Å². The van der Waals surface area contributed by atoms with Gasteiger partial charge in [0.25, 0.3) is 5.91 Å². The fraction of sp³-hybridized carbons (Fsp3) is 0.176. The normalized spacial score (nSPS) is 17.0. The summed E-state index contributed by atoms with van der Waals surface area (Å²) in [4.78, 5) is 13.3. The Balaban J connectivity index is 2.03. The summed E-state index contributed by atoms with van der Waals surface area (Å²) < 4.78 is 38.8. The number of alkyl halides is 3. The third-order valence-corrected chi connectivity index (χ3v) is 3.73. The topological polar surface area (TPSA) is 56.1 Å². The summed E-state index contributed by atoms with van der Waals surface area (Å²) in [5.74, 6) is -0.684. The first-order valence-electron chi connectivity index (χ1n) is 7.12. The van der Waals surface area contributed by atoms with E-state index in [0.717, 1.165) is 4.90 Å². The molecule has 1 aliphatic rings. The Morgan fingerprint density at radius 2 is 1.79 bits per heavy atom. The van der Waals surface area contributed by atoms with Gasteiger partial charge < -0.3 is 10.2 Å². The van der Waals surface area contributed by atoms with Crippen LogP contribution in [0.3, 0.4) is 0 Å². The lowest BCUT2D eigenvalue weighted by molar-refractivity contribution is -0.144. The zero-order valence-corrected chi connectivity index (χ0v) is 12.3. The van der Waals surface area contributed by atoms with E-state index in [9.17, 15) is 18.0 Å². The molecular formula is C17H12F3N3O. The number of carbonyl (C=O) groups is 1. The van der Waals surface area contributed by atoms with Gasteiger partial charge in [-0.15, -0.1) is 0 Å². The molecule has 1 aliphatic heterocycles. The fourth-order valence-electron chi connectivity index (χ4n) is 2.65. The molecule has 0 spiro atoms. The molecule has 1 heterocycles. The van der Waals surface area contributed by atoms with Crippen molar-refractivity contribution in [3.63, 3.8) is 0 Å². The molecule has 0 aliphatic carbocycles. The highest BCUT2D eigenvalue weighted by Gasteiger charge is 2.40. The van der Waals surface area contributed by atoms with E-state index in [1.54, 1.807) is 30.3 Å². The Labute approximate surface area is 136 Å². The average molecular weight is 331 g/mol. The van der Waals surface area contributed by atoms with Gasteiger partial charge in [-0.25, -0.2) is 0 Å². The first-order valence-corrected chi connectivity index (χ1v) is 7.12. The largest absolute Gasteiger partial charge is 0.406 e. The summed E-state index contributed by atoms with van der Waals surface area (Å²) in [5.41, 5.74) is 1.55. The number of carbonyl (C=O) groups excluding carboxylic acids is 1. The number of amides is 1. The molecule has 3 rings (SSSR count). The maximum Gasteiger partial charge on any atom is 0.406 e. The number of fused-ring (bicyclic) bond motifs is 1. The number of nitriles is 1. The molecule has 0 bridgehead atoms. The molecule has 122 valence electrons. The Morgan fingerprint density at radius 3 is 2.42 bits per heavy atom. The number of hydrogen-bond donors (Lipinski definition) is 1. The molecule has 1 amide bonds. The van der Waals surface area contributed by atoms with Crippen LogP contribution >= 0.6 is 0 Å². The number of anilines is 1. The molecule has 4 nitrogen and oxygen atoms in total. The van der Waals surface area contributed by atoms with E-state index in [1.807, 2.05) is 6.07 Å². The van der Waals surface area contributed by atoms with Crippen molar-refractivity contribution < 1.29 is 18.0 Å². The lowest BCUT2D eigenvalue weighted by atomic mass is 10.0. The third-order valence-electron chi connectivity index (χ3n) is 3.73. The van der Waals surface area contributed by atoms with Crippen LogP contribution in [0.1, 0.15) is 27.7 Å². The van der Waals surface area contributed by atoms with Gasteiger partial charge >= 0.3 is 6.18 Å². The van der Waals surface area contributed by atoms with Crippen LogP contribution in [0.2, 0.25) is 0 Å². The van der Waals surface area contributed by atoms with Crippen LogP contribution in [0.15, 0.2) is 48.5 Å². The van der Waals surface area contributed by atoms with Crippen molar-refractivity contribution in [2.45, 2.75) is 12.3 Å². The number of halogens is 3. The van der Waals surface area contributed by atoms with Gasteiger partial charge in [-0.2, -0.15) is 18.4 Å². The second-order valence-electron chi connectivity index (χ2n) is 5.37. The number of rotatable bonds is 2. The van der Waals surface area contributed by atoms with Gasteiger partial charge in [-0.05, 0) is 29.8 Å². The lowest BCUT2D eigenvalue weighted by Gasteiger charge is -2.38. The molecule has 0 fully saturated rings. The van der Waals surface area contributed by atoms with Gasteiger partial charge in [0.2, 0.25) is 0 Å². The van der Waals surface area contributed by atoms with Gasteiger partial charge in [-0.3, -0.25) is 4.79 Å². The summed E-state index contributed by atoms with van der Waals surface area (Å²) in [6, 6.07) is 14.5. The summed E-state index contributed by atoms with van der Waals surface area (Å²) in [5, 5.41) is 11.8. The molecular weight excluding hydrogens is 319 g/mol. The highest BCUT2D eigenvalue weighted by atomic mass is 19.4. The smallest absolute Gasteiger partial charge is 0.361 e. The molecule has 0 saturated heterocycles. The minimum Gasteiger partial charge on any atom is -0.361 e. The maximum atomic E-state index is 12.9. The van der Waals surface area contributed by atoms with Crippen LogP contribution in [0.4, 0.5) is 18.9 Å². The van der Waals surface area contributed by atoms with Crippen molar-refractivity contribution in [1.82, 2.24) is 4.90 Å². The highest BCUT2D eigenvalue weighted by molar-refractivity contribution is 6.01. The van der Waals surface area contributed by atoms with Crippen molar-refractivity contribution in [1.29, 1.82) is 5.26 Å². The van der Waals surface area contributed by atoms with Gasteiger partial charge in [0.1, 0.15) is 12.7 Å². The minimum atomic E-state index is -4.52. The molecule has 1 atom stereocenters. The first-order chi connectivity index (χ1) is 11.4. The Kier molecular flexibility index (Phi) is 3.89. The Morgan fingerprint density at radius 1 is 1.12 bits per heavy atom. The number of nitrogens with zero attached hydrogens (tertiary/aromatic N) is 2. The fourth-order valence-corrected chi connectivity index (χ4v) is 2.65. The predicted molar refractivity (Wildman–Crippen MR) is 81.1 cm³/mol. The maximum absolute atomic E-state index is 12.9. The molecule has 2 aromatic rings. The Hall–Kier alpha value is -3.01. The number of nitrogens with one attached hydrogen (secondary N) is 1. The summed E-state index contributed by atoms with van der Waals surface area (Å²) in [6.07, 6.45) is -5.48. The monoisotopic (exact) mass is 331 g/mol. The third kappa shape index (κ3) is 3.04. The minimum absolute atomic E-state index is 0.201. The van der Waals surface area contributed by atoms with E-state index in [1.165, 1.54) is 18.2 Å². The summed E-state index contributed by atoms with van der Waals surface area (Å²) in [6.45, 7) is -1.36. The molecule has 1 N–H and O–H groups in total. The van der Waals surface area contributed by atoms with Crippen molar-refractivity contribution in [2.24, 2.45) is 0 Å². The molecule has 7 heteroatoms. The number of para-hydroxylation sites is 1. The zero-order chi connectivity index (χ0) is 17.3. The number of hydrogen-bond acceptors (Lipinski definition) is 3. The standard InChI is InChI=1S/C17H12F3N3O/c18-17(19,20)10-23-15(12-7-5-11(9-21)6-8-12)22-14-4-2-1-3-13(14)16(23)24/h1-8,15,22H,10H2/t15-/m0/s1. The van der Waals surface area contributed by atoms with E-state index in [0.29, 0.717) is 16.8 Å². The van der Waals surface area contributed by atoms with Crippen LogP contribution < -0.4 is 5.32 Å². The molecule has 0 aromatic heterocycles. The SMILES string of the molecule is N#Cc1ccc([C@H]2Nc3ccccc3C(=O)N2CC(F)(F)F)cc1. The average Bonchev–Trinajstić information content (AvgIpc) is 2.56. The van der Waals surface area contributed by atoms with Crippen molar-refractivity contribution in [3.8, 4) is 6.07 Å². The van der Waals surface area contributed by atoms with E-state index >= 15 is 0 Å². The van der Waals surface area contributed by atoms with E-state index in [4.69, 9.17) is 5.26 Å². The van der Waals surface area contributed by atoms with Crippen LogP contribution in [-0.4, -0.2) is 23.5 Å². The van der Waals surface area contributed by atoms with Gasteiger partial charge in [0.05, 0.1) is 17.2 Å². The molecule has 24 heavy (non-hydrogen) atoms. The molecule has 0 unspecified atom stereocenters. The second-order valence-corrected chi connectivity index (χ2v) is 5.37. The number of benzene rings is 2. The molecule has 0 saturated carbocycles. The molecule has 2 aromatic carbocycles. The van der Waals surface area contributed by atoms with Gasteiger partial charge in [0, 0.05) is 5.69 Å². The van der Waals surface area contributed by atoms with Crippen molar-refractivity contribution in [3.05, 3.63) is 65.2 Å². The van der Waals surface area contributed by atoms with Crippen LogP contribution in [0.5, 0.6) is 0 Å². The zero-order valence-electron chi connectivity index (χ0n) is 12.3. The summed E-state index contributed by atoms with van der Waals surface area (Å²) in [7, 11) is 0. The van der Waals surface area contributed by atoms with E-state index in [2.05, 4.69) is 5.32 Å². The van der Waals surface area contributed by atoms with Crippen molar-refractivity contribution in [2.75, 3.05) is 11.9 Å². The van der Waals surface area contributed by atoms with Crippen molar-refractivity contribution >= 4 is 11.6 Å². The van der Waals surface area contributed by atoms with Gasteiger partial charge in [0.15, 0.2) is 0 Å².